The topological polar surface area (TPSA) is 15.6 Å². The van der Waals surface area contributed by atoms with E-state index in [0.717, 1.165) is 19.4 Å². The Bertz CT molecular complexity index is 159. The lowest BCUT2D eigenvalue weighted by molar-refractivity contribution is 0.507. The second kappa shape index (κ2) is 3.40. The Morgan fingerprint density at radius 3 is 3.20 bits per heavy atom. The summed E-state index contributed by atoms with van der Waals surface area (Å²) in [6.45, 7) is 3.23. The highest BCUT2D eigenvalue weighted by Crippen LogP contribution is 2.01. The quantitative estimate of drug-likeness (QED) is 0.538. The first-order chi connectivity index (χ1) is 4.84. The maximum atomic E-state index is 4.28. The molecule has 1 aliphatic rings. The summed E-state index contributed by atoms with van der Waals surface area (Å²) in [5.41, 5.74) is 0. The summed E-state index contributed by atoms with van der Waals surface area (Å²) in [6, 6.07) is 0. The van der Waals surface area contributed by atoms with E-state index >= 15 is 0 Å². The fraction of sp³-hybridized carbons (Fsp3) is 0.625. The largest absolute Gasteiger partial charge is 0.363 e. The van der Waals surface area contributed by atoms with Crippen molar-refractivity contribution < 1.29 is 0 Å². The summed E-state index contributed by atoms with van der Waals surface area (Å²) < 4.78 is 0. The molecule has 0 radical (unpaired) electrons. The zero-order chi connectivity index (χ0) is 7.40. The number of aliphatic imine (C=N–C) groups is 1. The van der Waals surface area contributed by atoms with Gasteiger partial charge in [-0.1, -0.05) is 13.0 Å². The molecule has 0 aromatic rings. The number of rotatable bonds is 1. The van der Waals surface area contributed by atoms with Crippen LogP contribution in [0.2, 0.25) is 0 Å². The second-order valence-electron chi connectivity index (χ2n) is 2.49. The molecule has 1 aliphatic heterocycles. The molecular weight excluding hydrogens is 124 g/mol. The Labute approximate surface area is 62.3 Å². The molecule has 0 unspecified atom stereocenters. The van der Waals surface area contributed by atoms with Crippen LogP contribution in [-0.4, -0.2) is 24.3 Å². The van der Waals surface area contributed by atoms with E-state index in [1.54, 1.807) is 0 Å². The van der Waals surface area contributed by atoms with Crippen LogP contribution in [0.3, 0.4) is 0 Å². The van der Waals surface area contributed by atoms with Gasteiger partial charge in [0.1, 0.15) is 5.84 Å². The predicted molar refractivity (Wildman–Crippen MR) is 44.1 cm³/mol. The van der Waals surface area contributed by atoms with Crippen molar-refractivity contribution in [3.63, 3.8) is 0 Å². The molecule has 0 aliphatic carbocycles. The molecular formula is C8H14N2. The monoisotopic (exact) mass is 138 g/mol. The van der Waals surface area contributed by atoms with E-state index in [1.165, 1.54) is 5.84 Å². The molecule has 2 nitrogen and oxygen atoms in total. The Morgan fingerprint density at radius 1 is 1.70 bits per heavy atom. The first-order valence-corrected chi connectivity index (χ1v) is 3.77. The lowest BCUT2D eigenvalue weighted by atomic mass is 10.3. The van der Waals surface area contributed by atoms with Gasteiger partial charge in [0.05, 0.1) is 0 Å². The van der Waals surface area contributed by atoms with Gasteiger partial charge in [0.15, 0.2) is 0 Å². The minimum atomic E-state index is 1.03. The average Bonchev–Trinajstić information content (AvgIpc) is 2.13. The highest BCUT2D eigenvalue weighted by atomic mass is 15.2. The van der Waals surface area contributed by atoms with Gasteiger partial charge in [-0.2, -0.15) is 0 Å². The molecule has 0 saturated carbocycles. The fourth-order valence-corrected chi connectivity index (χ4v) is 1.07. The number of nitrogens with zero attached hydrogens (tertiary/aromatic N) is 2. The number of hydrogen-bond donors (Lipinski definition) is 0. The molecule has 56 valence electrons. The van der Waals surface area contributed by atoms with E-state index in [4.69, 9.17) is 0 Å². The molecule has 0 spiro atoms. The summed E-state index contributed by atoms with van der Waals surface area (Å²) in [6.07, 6.45) is 6.16. The highest BCUT2D eigenvalue weighted by Gasteiger charge is 2.03. The van der Waals surface area contributed by atoms with Gasteiger partial charge in [-0.3, -0.25) is 0 Å². The van der Waals surface area contributed by atoms with Gasteiger partial charge < -0.3 is 4.90 Å². The molecule has 0 N–H and O–H groups in total. The third kappa shape index (κ3) is 1.59. The lowest BCUT2D eigenvalue weighted by Gasteiger charge is -2.17. The van der Waals surface area contributed by atoms with Crippen LogP contribution in [0.1, 0.15) is 19.8 Å². The molecule has 0 fully saturated rings. The Balaban J connectivity index is 2.63. The van der Waals surface area contributed by atoms with E-state index in [1.807, 2.05) is 6.20 Å². The number of amidine groups is 1. The van der Waals surface area contributed by atoms with Crippen LogP contribution in [-0.2, 0) is 0 Å². The first kappa shape index (κ1) is 7.32. The smallest absolute Gasteiger partial charge is 0.103 e. The second-order valence-corrected chi connectivity index (χ2v) is 2.49. The summed E-state index contributed by atoms with van der Waals surface area (Å²) in [7, 11) is 2.09. The van der Waals surface area contributed by atoms with Crippen LogP contribution in [0.5, 0.6) is 0 Å². The molecule has 2 heteroatoms. The molecule has 0 atom stereocenters. The van der Waals surface area contributed by atoms with E-state index in [0.29, 0.717) is 0 Å². The van der Waals surface area contributed by atoms with Crippen LogP contribution >= 0.6 is 0 Å². The number of hydrogen-bond acceptors (Lipinski definition) is 2. The zero-order valence-corrected chi connectivity index (χ0v) is 6.67. The van der Waals surface area contributed by atoms with E-state index < -0.39 is 0 Å². The third-order valence-corrected chi connectivity index (χ3v) is 1.72. The molecule has 0 aromatic heterocycles. The van der Waals surface area contributed by atoms with E-state index in [-0.39, 0.29) is 0 Å². The SMILES string of the molecule is CCC1=NC=CCCN1C. The maximum Gasteiger partial charge on any atom is 0.103 e. The van der Waals surface area contributed by atoms with Crippen molar-refractivity contribution in [1.29, 1.82) is 0 Å². The van der Waals surface area contributed by atoms with Crippen molar-refractivity contribution in [2.24, 2.45) is 4.99 Å². The minimum absolute atomic E-state index is 1.03. The fourth-order valence-electron chi connectivity index (χ4n) is 1.07. The van der Waals surface area contributed by atoms with Gasteiger partial charge in [0.25, 0.3) is 0 Å². The summed E-state index contributed by atoms with van der Waals surface area (Å²) in [5.74, 6) is 1.19. The van der Waals surface area contributed by atoms with Gasteiger partial charge in [0.2, 0.25) is 0 Å². The molecule has 0 aromatic carbocycles. The highest BCUT2D eigenvalue weighted by molar-refractivity contribution is 5.82. The Morgan fingerprint density at radius 2 is 2.50 bits per heavy atom. The molecule has 0 amide bonds. The van der Waals surface area contributed by atoms with E-state index in [2.05, 4.69) is 29.9 Å². The summed E-state index contributed by atoms with van der Waals surface area (Å²) >= 11 is 0. The zero-order valence-electron chi connectivity index (χ0n) is 6.67. The van der Waals surface area contributed by atoms with Crippen LogP contribution in [0, 0.1) is 0 Å². The van der Waals surface area contributed by atoms with Crippen LogP contribution in [0.25, 0.3) is 0 Å². The lowest BCUT2D eigenvalue weighted by Crippen LogP contribution is -2.25. The van der Waals surface area contributed by atoms with Crippen molar-refractivity contribution in [3.05, 3.63) is 12.3 Å². The van der Waals surface area contributed by atoms with Crippen molar-refractivity contribution in [1.82, 2.24) is 4.90 Å². The van der Waals surface area contributed by atoms with Gasteiger partial charge >= 0.3 is 0 Å². The maximum absolute atomic E-state index is 4.28. The third-order valence-electron chi connectivity index (χ3n) is 1.72. The van der Waals surface area contributed by atoms with Crippen molar-refractivity contribution in [2.75, 3.05) is 13.6 Å². The molecule has 1 rings (SSSR count). The molecule has 1 heterocycles. The molecule has 0 bridgehead atoms. The van der Waals surface area contributed by atoms with Crippen LogP contribution in [0.15, 0.2) is 17.3 Å². The van der Waals surface area contributed by atoms with Gasteiger partial charge in [-0.15, -0.1) is 0 Å². The van der Waals surface area contributed by atoms with E-state index in [9.17, 15) is 0 Å². The predicted octanol–water partition coefficient (Wildman–Crippen LogP) is 1.64. The minimum Gasteiger partial charge on any atom is -0.363 e. The molecule has 0 saturated heterocycles. The van der Waals surface area contributed by atoms with Gasteiger partial charge in [-0.05, 0) is 6.42 Å². The van der Waals surface area contributed by atoms with Crippen LogP contribution in [0.4, 0.5) is 0 Å². The van der Waals surface area contributed by atoms with Crippen molar-refractivity contribution in [3.8, 4) is 0 Å². The van der Waals surface area contributed by atoms with Crippen LogP contribution < -0.4 is 0 Å². The standard InChI is InChI=1S/C8H14N2/c1-3-8-9-6-4-5-7-10(8)2/h4,6H,3,5,7H2,1-2H3. The summed E-state index contributed by atoms with van der Waals surface area (Å²) in [4.78, 5) is 6.49. The Hall–Kier alpha value is -0.790. The first-order valence-electron chi connectivity index (χ1n) is 3.77. The normalized spacial score (nSPS) is 18.6. The van der Waals surface area contributed by atoms with Gasteiger partial charge in [-0.25, -0.2) is 4.99 Å². The van der Waals surface area contributed by atoms with Crippen molar-refractivity contribution in [2.45, 2.75) is 19.8 Å². The summed E-state index contributed by atoms with van der Waals surface area (Å²) in [5, 5.41) is 0. The van der Waals surface area contributed by atoms with Crippen molar-refractivity contribution >= 4 is 5.84 Å². The Kier molecular flexibility index (Phi) is 2.49. The molecule has 10 heavy (non-hydrogen) atoms. The average molecular weight is 138 g/mol. The van der Waals surface area contributed by atoms with Gasteiger partial charge in [0, 0.05) is 26.2 Å².